The Morgan fingerprint density at radius 1 is 1.00 bits per heavy atom. The van der Waals surface area contributed by atoms with Gasteiger partial charge in [0.05, 0.1) is 27.2 Å². The SMILES string of the molecule is CC[N+](C)(C)CC.[OH-]. The lowest BCUT2D eigenvalue weighted by molar-refractivity contribution is -0.886. The van der Waals surface area contributed by atoms with E-state index in [2.05, 4.69) is 27.9 Å². The van der Waals surface area contributed by atoms with E-state index in [0.29, 0.717) is 0 Å². The maximum absolute atomic E-state index is 2.24. The van der Waals surface area contributed by atoms with E-state index >= 15 is 0 Å². The van der Waals surface area contributed by atoms with Gasteiger partial charge in [-0.25, -0.2) is 0 Å². The van der Waals surface area contributed by atoms with Crippen molar-refractivity contribution in [2.75, 3.05) is 27.2 Å². The van der Waals surface area contributed by atoms with Crippen LogP contribution < -0.4 is 0 Å². The average Bonchev–Trinajstić information content (AvgIpc) is 1.68. The van der Waals surface area contributed by atoms with Gasteiger partial charge in [0.2, 0.25) is 0 Å². The first-order chi connectivity index (χ1) is 3.12. The van der Waals surface area contributed by atoms with Crippen molar-refractivity contribution in [2.45, 2.75) is 13.8 Å². The van der Waals surface area contributed by atoms with Gasteiger partial charge in [-0.2, -0.15) is 0 Å². The molecule has 0 radical (unpaired) electrons. The maximum atomic E-state index is 2.24. The predicted molar refractivity (Wildman–Crippen MR) is 35.1 cm³/mol. The molecule has 0 aliphatic carbocycles. The summed E-state index contributed by atoms with van der Waals surface area (Å²) in [6.45, 7) is 6.89. The van der Waals surface area contributed by atoms with E-state index in [1.165, 1.54) is 13.1 Å². The van der Waals surface area contributed by atoms with Crippen molar-refractivity contribution in [1.82, 2.24) is 0 Å². The van der Waals surface area contributed by atoms with Crippen molar-refractivity contribution < 1.29 is 9.96 Å². The summed E-state index contributed by atoms with van der Waals surface area (Å²) in [5.41, 5.74) is 0. The van der Waals surface area contributed by atoms with Crippen LogP contribution in [0.1, 0.15) is 13.8 Å². The van der Waals surface area contributed by atoms with E-state index < -0.39 is 0 Å². The van der Waals surface area contributed by atoms with E-state index in [4.69, 9.17) is 0 Å². The summed E-state index contributed by atoms with van der Waals surface area (Å²) < 4.78 is 1.14. The molecule has 0 saturated carbocycles. The summed E-state index contributed by atoms with van der Waals surface area (Å²) in [6, 6.07) is 0. The minimum absolute atomic E-state index is 0. The first-order valence-electron chi connectivity index (χ1n) is 2.94. The Kier molecular flexibility index (Phi) is 5.23. The molecule has 0 unspecified atom stereocenters. The zero-order valence-corrected chi connectivity index (χ0v) is 6.31. The molecule has 0 aromatic heterocycles. The smallest absolute Gasteiger partial charge is 0.0753 e. The van der Waals surface area contributed by atoms with Gasteiger partial charge in [-0.15, -0.1) is 0 Å². The van der Waals surface area contributed by atoms with Crippen LogP contribution in [0, 0.1) is 0 Å². The van der Waals surface area contributed by atoms with Gasteiger partial charge in [0.1, 0.15) is 0 Å². The first kappa shape index (κ1) is 10.8. The van der Waals surface area contributed by atoms with Crippen LogP contribution in [0.2, 0.25) is 0 Å². The summed E-state index contributed by atoms with van der Waals surface area (Å²) in [4.78, 5) is 0. The lowest BCUT2D eigenvalue weighted by Crippen LogP contribution is -2.38. The molecule has 0 aliphatic heterocycles. The molecule has 52 valence electrons. The normalized spacial score (nSPS) is 10.5. The molecule has 2 heteroatoms. The Labute approximate surface area is 52.0 Å². The molecule has 0 aromatic carbocycles. The van der Waals surface area contributed by atoms with Gasteiger partial charge in [0.25, 0.3) is 0 Å². The van der Waals surface area contributed by atoms with Gasteiger partial charge in [0, 0.05) is 0 Å². The molecule has 0 atom stereocenters. The van der Waals surface area contributed by atoms with Crippen molar-refractivity contribution in [2.24, 2.45) is 0 Å². The third kappa shape index (κ3) is 4.09. The van der Waals surface area contributed by atoms with Crippen molar-refractivity contribution >= 4 is 0 Å². The zero-order valence-electron chi connectivity index (χ0n) is 6.31. The molecule has 0 amide bonds. The van der Waals surface area contributed by atoms with Gasteiger partial charge in [-0.05, 0) is 13.8 Å². The molecular formula is C6H17NO. The Hall–Kier alpha value is -0.0800. The monoisotopic (exact) mass is 119 g/mol. The lowest BCUT2D eigenvalue weighted by Gasteiger charge is -2.25. The number of rotatable bonds is 2. The molecule has 2 nitrogen and oxygen atoms in total. The van der Waals surface area contributed by atoms with Crippen LogP contribution in [0.5, 0.6) is 0 Å². The van der Waals surface area contributed by atoms with Crippen molar-refractivity contribution in [3.63, 3.8) is 0 Å². The molecular weight excluding hydrogens is 102 g/mol. The van der Waals surface area contributed by atoms with Gasteiger partial charge < -0.3 is 9.96 Å². The van der Waals surface area contributed by atoms with E-state index in [0.717, 1.165) is 4.48 Å². The van der Waals surface area contributed by atoms with Crippen molar-refractivity contribution in [3.8, 4) is 0 Å². The second kappa shape index (κ2) is 3.87. The number of hydrogen-bond acceptors (Lipinski definition) is 1. The molecule has 0 heterocycles. The van der Waals surface area contributed by atoms with Crippen LogP contribution in [0.15, 0.2) is 0 Å². The van der Waals surface area contributed by atoms with Crippen LogP contribution in [0.4, 0.5) is 0 Å². The standard InChI is InChI=1S/C6H16N.H2O/c1-5-7(3,4)6-2;/h5-6H2,1-4H3;1H2/q+1;/p-1. The van der Waals surface area contributed by atoms with Crippen LogP contribution in [-0.2, 0) is 0 Å². The fraction of sp³-hybridized carbons (Fsp3) is 1.00. The Balaban J connectivity index is 0. The number of quaternary nitrogens is 1. The third-order valence-corrected chi connectivity index (χ3v) is 1.71. The largest absolute Gasteiger partial charge is 0.870 e. The van der Waals surface area contributed by atoms with Crippen molar-refractivity contribution in [3.05, 3.63) is 0 Å². The summed E-state index contributed by atoms with van der Waals surface area (Å²) >= 11 is 0. The van der Waals surface area contributed by atoms with Crippen LogP contribution in [0.3, 0.4) is 0 Å². The molecule has 0 aromatic rings. The number of nitrogens with zero attached hydrogens (tertiary/aromatic N) is 1. The van der Waals surface area contributed by atoms with Crippen LogP contribution in [-0.4, -0.2) is 37.1 Å². The van der Waals surface area contributed by atoms with Gasteiger partial charge in [-0.3, -0.25) is 0 Å². The molecule has 0 saturated heterocycles. The fourth-order valence-electron chi connectivity index (χ4n) is 0.224. The van der Waals surface area contributed by atoms with Gasteiger partial charge >= 0.3 is 0 Å². The van der Waals surface area contributed by atoms with Crippen LogP contribution in [0.25, 0.3) is 0 Å². The molecule has 0 fully saturated rings. The Morgan fingerprint density at radius 3 is 1.25 bits per heavy atom. The van der Waals surface area contributed by atoms with E-state index in [1.54, 1.807) is 0 Å². The average molecular weight is 119 g/mol. The zero-order chi connectivity index (χ0) is 5.91. The molecule has 0 spiro atoms. The maximum Gasteiger partial charge on any atom is 0.0753 e. The third-order valence-electron chi connectivity index (χ3n) is 1.71. The fourth-order valence-corrected chi connectivity index (χ4v) is 0.224. The summed E-state index contributed by atoms with van der Waals surface area (Å²) in [7, 11) is 4.47. The second-order valence-corrected chi connectivity index (χ2v) is 2.57. The molecule has 0 bridgehead atoms. The quantitative estimate of drug-likeness (QED) is 0.497. The van der Waals surface area contributed by atoms with E-state index in [9.17, 15) is 0 Å². The van der Waals surface area contributed by atoms with Gasteiger partial charge in [-0.1, -0.05) is 0 Å². The lowest BCUT2D eigenvalue weighted by atomic mass is 10.5. The molecule has 8 heavy (non-hydrogen) atoms. The second-order valence-electron chi connectivity index (χ2n) is 2.57. The van der Waals surface area contributed by atoms with Crippen molar-refractivity contribution in [1.29, 1.82) is 0 Å². The topological polar surface area (TPSA) is 30.0 Å². The predicted octanol–water partition coefficient (Wildman–Crippen LogP) is 0.926. The van der Waals surface area contributed by atoms with E-state index in [-0.39, 0.29) is 5.48 Å². The molecule has 0 rings (SSSR count). The first-order valence-corrected chi connectivity index (χ1v) is 2.94. The van der Waals surface area contributed by atoms with Gasteiger partial charge in [0.15, 0.2) is 0 Å². The van der Waals surface area contributed by atoms with E-state index in [1.807, 2.05) is 0 Å². The minimum Gasteiger partial charge on any atom is -0.870 e. The summed E-state index contributed by atoms with van der Waals surface area (Å²) in [5.74, 6) is 0. The highest BCUT2D eigenvalue weighted by Gasteiger charge is 2.04. The van der Waals surface area contributed by atoms with Crippen LogP contribution >= 0.6 is 0 Å². The Morgan fingerprint density at radius 2 is 1.25 bits per heavy atom. The minimum atomic E-state index is 0. The Bertz CT molecular complexity index is 46.5. The highest BCUT2D eigenvalue weighted by molar-refractivity contribution is 4.17. The highest BCUT2D eigenvalue weighted by atomic mass is 16.0. The summed E-state index contributed by atoms with van der Waals surface area (Å²) in [5, 5.41) is 0. The molecule has 1 N–H and O–H groups in total. The number of hydrogen-bond donors (Lipinski definition) is 0. The highest BCUT2D eigenvalue weighted by Crippen LogP contribution is 1.91. The summed E-state index contributed by atoms with van der Waals surface area (Å²) in [6.07, 6.45) is 0. The molecule has 0 aliphatic rings.